The number of hydrogen-bond donors (Lipinski definition) is 2. The van der Waals surface area contributed by atoms with Crippen molar-refractivity contribution in [1.82, 2.24) is 10.2 Å². The lowest BCUT2D eigenvalue weighted by molar-refractivity contribution is -0.136. The van der Waals surface area contributed by atoms with Crippen LogP contribution in [0.25, 0.3) is 0 Å². The zero-order valence-electron chi connectivity index (χ0n) is 14.1. The molecule has 0 aromatic heterocycles. The molecule has 128 valence electrons. The van der Waals surface area contributed by atoms with Gasteiger partial charge in [0.25, 0.3) is 5.91 Å². The van der Waals surface area contributed by atoms with Crippen LogP contribution >= 0.6 is 0 Å². The van der Waals surface area contributed by atoms with E-state index >= 15 is 0 Å². The maximum Gasteiger partial charge on any atom is 0.325 e. The number of imide groups is 1. The standard InChI is InChI=1S/C18H23N3O3/c1-12-6-8-14(9-7-12)19-15(22)11-21-16(23)18(20-17(21)24)10-4-3-5-13(18)2/h6-9,13H,3-5,10-11H2,1-2H3,(H,19,22)(H,20,24)/t13-,18-/m0/s1. The Labute approximate surface area is 141 Å². The van der Waals surface area contributed by atoms with Gasteiger partial charge in [-0.25, -0.2) is 4.79 Å². The molecule has 2 aliphatic rings. The van der Waals surface area contributed by atoms with Crippen LogP contribution in [0.4, 0.5) is 10.5 Å². The first-order valence-electron chi connectivity index (χ1n) is 8.43. The fourth-order valence-electron chi connectivity index (χ4n) is 3.62. The number of carbonyl (C=O) groups is 3. The van der Waals surface area contributed by atoms with Crippen molar-refractivity contribution in [3.63, 3.8) is 0 Å². The van der Waals surface area contributed by atoms with Gasteiger partial charge in [-0.1, -0.05) is 37.5 Å². The highest BCUT2D eigenvalue weighted by atomic mass is 16.2. The van der Waals surface area contributed by atoms with Gasteiger partial charge in [-0.05, 0) is 37.8 Å². The molecule has 2 N–H and O–H groups in total. The van der Waals surface area contributed by atoms with Gasteiger partial charge in [0.1, 0.15) is 12.1 Å². The second-order valence-corrected chi connectivity index (χ2v) is 6.85. The van der Waals surface area contributed by atoms with E-state index in [9.17, 15) is 14.4 Å². The summed E-state index contributed by atoms with van der Waals surface area (Å²) < 4.78 is 0. The third-order valence-electron chi connectivity index (χ3n) is 5.14. The highest BCUT2D eigenvalue weighted by Crippen LogP contribution is 2.38. The number of nitrogens with zero attached hydrogens (tertiary/aromatic N) is 1. The monoisotopic (exact) mass is 329 g/mol. The Morgan fingerprint density at radius 3 is 2.67 bits per heavy atom. The number of amides is 4. The Morgan fingerprint density at radius 2 is 2.00 bits per heavy atom. The molecule has 4 amide bonds. The molecule has 1 aromatic rings. The van der Waals surface area contributed by atoms with Gasteiger partial charge in [-0.2, -0.15) is 0 Å². The van der Waals surface area contributed by atoms with Gasteiger partial charge in [0.2, 0.25) is 5.91 Å². The molecule has 1 saturated heterocycles. The molecule has 1 saturated carbocycles. The van der Waals surface area contributed by atoms with Crippen molar-refractivity contribution in [3.05, 3.63) is 29.8 Å². The maximum absolute atomic E-state index is 12.8. The summed E-state index contributed by atoms with van der Waals surface area (Å²) in [7, 11) is 0. The number of nitrogens with one attached hydrogen (secondary N) is 2. The molecule has 2 atom stereocenters. The average Bonchev–Trinajstić information content (AvgIpc) is 2.78. The Morgan fingerprint density at radius 1 is 1.29 bits per heavy atom. The Kier molecular flexibility index (Phi) is 4.30. The van der Waals surface area contributed by atoms with Gasteiger partial charge in [0, 0.05) is 5.69 Å². The van der Waals surface area contributed by atoms with E-state index in [1.807, 2.05) is 26.0 Å². The van der Waals surface area contributed by atoms with Crippen molar-refractivity contribution in [2.24, 2.45) is 5.92 Å². The van der Waals surface area contributed by atoms with Crippen molar-refractivity contribution in [2.75, 3.05) is 11.9 Å². The summed E-state index contributed by atoms with van der Waals surface area (Å²) in [5.41, 5.74) is 0.924. The molecule has 0 radical (unpaired) electrons. The minimum absolute atomic E-state index is 0.0906. The number of urea groups is 1. The van der Waals surface area contributed by atoms with Crippen LogP contribution in [0, 0.1) is 12.8 Å². The van der Waals surface area contributed by atoms with E-state index in [0.717, 1.165) is 29.7 Å². The zero-order chi connectivity index (χ0) is 17.3. The summed E-state index contributed by atoms with van der Waals surface area (Å²) in [4.78, 5) is 38.3. The van der Waals surface area contributed by atoms with Crippen molar-refractivity contribution in [3.8, 4) is 0 Å². The van der Waals surface area contributed by atoms with Crippen LogP contribution in [-0.4, -0.2) is 34.8 Å². The predicted octanol–water partition coefficient (Wildman–Crippen LogP) is 2.43. The Hall–Kier alpha value is -2.37. The third-order valence-corrected chi connectivity index (χ3v) is 5.14. The third kappa shape index (κ3) is 2.88. The summed E-state index contributed by atoms with van der Waals surface area (Å²) in [6, 6.07) is 6.91. The van der Waals surface area contributed by atoms with E-state index in [4.69, 9.17) is 0 Å². The summed E-state index contributed by atoms with van der Waals surface area (Å²) in [6.07, 6.45) is 3.55. The number of carbonyl (C=O) groups excluding carboxylic acids is 3. The van der Waals surface area contributed by atoms with Gasteiger partial charge in [-0.15, -0.1) is 0 Å². The van der Waals surface area contributed by atoms with Crippen LogP contribution in [-0.2, 0) is 9.59 Å². The van der Waals surface area contributed by atoms with E-state index in [2.05, 4.69) is 10.6 Å². The van der Waals surface area contributed by atoms with Crippen molar-refractivity contribution in [2.45, 2.75) is 45.1 Å². The quantitative estimate of drug-likeness (QED) is 0.836. The van der Waals surface area contributed by atoms with Crippen LogP contribution in [0.3, 0.4) is 0 Å². The van der Waals surface area contributed by atoms with E-state index in [1.165, 1.54) is 0 Å². The molecule has 3 rings (SSSR count). The van der Waals surface area contributed by atoms with Crippen molar-refractivity contribution < 1.29 is 14.4 Å². The molecule has 1 aliphatic heterocycles. The van der Waals surface area contributed by atoms with E-state index in [0.29, 0.717) is 12.1 Å². The molecule has 1 heterocycles. The molecular weight excluding hydrogens is 306 g/mol. The van der Waals surface area contributed by atoms with Crippen molar-refractivity contribution in [1.29, 1.82) is 0 Å². The molecule has 0 bridgehead atoms. The first kappa shape index (κ1) is 16.5. The molecule has 1 aliphatic carbocycles. The Balaban J connectivity index is 1.68. The van der Waals surface area contributed by atoms with Crippen LogP contribution in [0.2, 0.25) is 0 Å². The van der Waals surface area contributed by atoms with Crippen LogP contribution in [0.1, 0.15) is 38.2 Å². The second kappa shape index (κ2) is 6.26. The minimum Gasteiger partial charge on any atom is -0.325 e. The normalized spacial score (nSPS) is 26.6. The number of hydrogen-bond acceptors (Lipinski definition) is 3. The fraction of sp³-hybridized carbons (Fsp3) is 0.500. The largest absolute Gasteiger partial charge is 0.325 e. The van der Waals surface area contributed by atoms with E-state index in [1.54, 1.807) is 12.1 Å². The average molecular weight is 329 g/mol. The van der Waals surface area contributed by atoms with E-state index in [-0.39, 0.29) is 24.3 Å². The molecule has 24 heavy (non-hydrogen) atoms. The van der Waals surface area contributed by atoms with Crippen LogP contribution in [0.5, 0.6) is 0 Å². The molecular formula is C18H23N3O3. The lowest BCUT2D eigenvalue weighted by Crippen LogP contribution is -2.54. The second-order valence-electron chi connectivity index (χ2n) is 6.85. The van der Waals surface area contributed by atoms with Gasteiger partial charge >= 0.3 is 6.03 Å². The van der Waals surface area contributed by atoms with Crippen LogP contribution in [0.15, 0.2) is 24.3 Å². The smallest absolute Gasteiger partial charge is 0.325 e. The van der Waals surface area contributed by atoms with E-state index < -0.39 is 11.6 Å². The molecule has 1 aromatic carbocycles. The maximum atomic E-state index is 12.8. The molecule has 6 nitrogen and oxygen atoms in total. The Bertz CT molecular complexity index is 671. The summed E-state index contributed by atoms with van der Waals surface area (Å²) in [5, 5.41) is 5.58. The topological polar surface area (TPSA) is 78.5 Å². The first-order chi connectivity index (χ1) is 11.4. The molecule has 1 spiro atoms. The lowest BCUT2D eigenvalue weighted by Gasteiger charge is -2.36. The SMILES string of the molecule is Cc1ccc(NC(=O)CN2C(=O)N[C@]3(CCCC[C@@H]3C)C2=O)cc1. The highest BCUT2D eigenvalue weighted by molar-refractivity contribution is 6.10. The first-order valence-corrected chi connectivity index (χ1v) is 8.43. The van der Waals surface area contributed by atoms with Gasteiger partial charge in [0.15, 0.2) is 0 Å². The summed E-state index contributed by atoms with van der Waals surface area (Å²) >= 11 is 0. The summed E-state index contributed by atoms with van der Waals surface area (Å²) in [6.45, 7) is 3.70. The van der Waals surface area contributed by atoms with Crippen molar-refractivity contribution >= 4 is 23.5 Å². The predicted molar refractivity (Wildman–Crippen MR) is 90.4 cm³/mol. The number of aryl methyl sites for hydroxylation is 1. The number of rotatable bonds is 3. The fourth-order valence-corrected chi connectivity index (χ4v) is 3.62. The van der Waals surface area contributed by atoms with Gasteiger partial charge in [-0.3, -0.25) is 14.5 Å². The zero-order valence-corrected chi connectivity index (χ0v) is 14.1. The van der Waals surface area contributed by atoms with Gasteiger partial charge in [0.05, 0.1) is 0 Å². The van der Waals surface area contributed by atoms with Gasteiger partial charge < -0.3 is 10.6 Å². The number of benzene rings is 1. The van der Waals surface area contributed by atoms with Crippen LogP contribution < -0.4 is 10.6 Å². The molecule has 2 fully saturated rings. The minimum atomic E-state index is -0.820. The molecule has 0 unspecified atom stereocenters. The lowest BCUT2D eigenvalue weighted by atomic mass is 9.73. The molecule has 6 heteroatoms. The number of anilines is 1. The highest BCUT2D eigenvalue weighted by Gasteiger charge is 2.55. The summed E-state index contributed by atoms with van der Waals surface area (Å²) in [5.74, 6) is -0.547.